The molecule has 0 N–H and O–H groups in total. The predicted octanol–water partition coefficient (Wildman–Crippen LogP) is 0.687. The fourth-order valence-electron chi connectivity index (χ4n) is 3.61. The molecule has 0 atom stereocenters. The Hall–Kier alpha value is -2.81. The summed E-state index contributed by atoms with van der Waals surface area (Å²) in [5, 5.41) is 13.3. The van der Waals surface area contributed by atoms with Crippen LogP contribution in [-0.2, 0) is 6.54 Å². The molecule has 0 spiro atoms. The third kappa shape index (κ3) is 3.15. The van der Waals surface area contributed by atoms with Gasteiger partial charge in [-0.2, -0.15) is 4.52 Å². The molecule has 1 aliphatic carbocycles. The average molecular weight is 380 g/mol. The molecule has 2 aliphatic rings. The molecule has 3 aromatic heterocycles. The number of aromatic nitrogens is 6. The lowest BCUT2D eigenvalue weighted by molar-refractivity contribution is 0.196. The molecule has 0 unspecified atom stereocenters. The van der Waals surface area contributed by atoms with E-state index in [1.54, 1.807) is 17.0 Å². The van der Waals surface area contributed by atoms with Gasteiger partial charge < -0.3 is 4.90 Å². The molecule has 4 heterocycles. The summed E-state index contributed by atoms with van der Waals surface area (Å²) in [7, 11) is 2.11. The minimum Gasteiger partial charge on any atom is -0.352 e. The summed E-state index contributed by atoms with van der Waals surface area (Å²) >= 11 is 0. The molecule has 0 radical (unpaired) electrons. The van der Waals surface area contributed by atoms with Gasteiger partial charge in [0.15, 0.2) is 11.5 Å². The number of rotatable bonds is 6. The Bertz CT molecular complexity index is 1060. The van der Waals surface area contributed by atoms with Crippen LogP contribution in [0.3, 0.4) is 0 Å². The van der Waals surface area contributed by atoms with Crippen LogP contribution in [0.5, 0.6) is 0 Å². The second kappa shape index (κ2) is 6.66. The van der Waals surface area contributed by atoms with Crippen LogP contribution in [0, 0.1) is 6.92 Å². The molecule has 5 rings (SSSR count). The zero-order valence-electron chi connectivity index (χ0n) is 16.2. The van der Waals surface area contributed by atoms with E-state index in [9.17, 15) is 4.79 Å². The predicted molar refractivity (Wildman–Crippen MR) is 105 cm³/mol. The number of likely N-dealkylation sites (N-methyl/N-ethyl adjacent to an activating group) is 1. The molecule has 9 heteroatoms. The fourth-order valence-corrected chi connectivity index (χ4v) is 3.61. The van der Waals surface area contributed by atoms with Crippen LogP contribution in [0.15, 0.2) is 29.3 Å². The largest absolute Gasteiger partial charge is 0.352 e. The molecule has 1 aliphatic heterocycles. The van der Waals surface area contributed by atoms with Crippen LogP contribution in [-0.4, -0.2) is 67.0 Å². The Labute approximate surface area is 162 Å². The first-order valence-electron chi connectivity index (χ1n) is 9.79. The van der Waals surface area contributed by atoms with Gasteiger partial charge in [-0.1, -0.05) is 0 Å². The topological polar surface area (TPSA) is 84.5 Å². The van der Waals surface area contributed by atoms with E-state index in [0.29, 0.717) is 18.5 Å². The van der Waals surface area contributed by atoms with Gasteiger partial charge in [0.05, 0.1) is 6.33 Å². The van der Waals surface area contributed by atoms with E-state index in [1.165, 1.54) is 12.8 Å². The average Bonchev–Trinajstić information content (AvgIpc) is 3.39. The first kappa shape index (κ1) is 17.3. The number of fused-ring (bicyclic) bond motifs is 1. The van der Waals surface area contributed by atoms with Crippen molar-refractivity contribution in [3.05, 3.63) is 46.4 Å². The van der Waals surface area contributed by atoms with E-state index in [1.807, 2.05) is 23.6 Å². The Morgan fingerprint density at radius 1 is 1.21 bits per heavy atom. The van der Waals surface area contributed by atoms with Crippen LogP contribution in [0.2, 0.25) is 0 Å². The summed E-state index contributed by atoms with van der Waals surface area (Å²) in [5.41, 5.74) is 1.58. The highest BCUT2D eigenvalue weighted by atomic mass is 16.1. The zero-order chi connectivity index (χ0) is 19.3. The van der Waals surface area contributed by atoms with Crippen molar-refractivity contribution in [2.24, 2.45) is 0 Å². The maximum absolute atomic E-state index is 12.0. The Morgan fingerprint density at radius 3 is 2.79 bits per heavy atom. The minimum atomic E-state index is 0.00838. The lowest BCUT2D eigenvalue weighted by Gasteiger charge is -2.44. The van der Waals surface area contributed by atoms with E-state index in [4.69, 9.17) is 5.10 Å². The van der Waals surface area contributed by atoms with Crippen LogP contribution < -0.4 is 10.5 Å². The van der Waals surface area contributed by atoms with Gasteiger partial charge in [0, 0.05) is 49.9 Å². The molecule has 1 saturated heterocycles. The summed E-state index contributed by atoms with van der Waals surface area (Å²) in [5.74, 6) is 2.48. The third-order valence-electron chi connectivity index (χ3n) is 5.73. The Kier molecular flexibility index (Phi) is 4.12. The number of aryl methyl sites for hydroxylation is 1. The summed E-state index contributed by atoms with van der Waals surface area (Å²) in [6, 6.07) is 6.05. The fraction of sp³-hybridized carbons (Fsp3) is 0.526. The standard InChI is InChI=1S/C19H24N8O/c1-13-9-18(28)25(12-20-13)8-7-24(2)15-10-26(11-15)17-6-5-16-21-22-19(14-3-4-14)27(16)23-17/h5-6,9,12,14-15H,3-4,7-8,10-11H2,1-2H3. The summed E-state index contributed by atoms with van der Waals surface area (Å²) in [6.45, 7) is 5.15. The summed E-state index contributed by atoms with van der Waals surface area (Å²) < 4.78 is 3.57. The first-order chi connectivity index (χ1) is 13.6. The number of nitrogens with zero attached hydrogens (tertiary/aromatic N) is 8. The highest BCUT2D eigenvalue weighted by Crippen LogP contribution is 2.38. The molecule has 0 amide bonds. The maximum Gasteiger partial charge on any atom is 0.253 e. The van der Waals surface area contributed by atoms with Gasteiger partial charge in [-0.3, -0.25) is 14.3 Å². The highest BCUT2D eigenvalue weighted by molar-refractivity contribution is 5.48. The molecule has 146 valence electrons. The van der Waals surface area contributed by atoms with Gasteiger partial charge in [0.1, 0.15) is 5.82 Å². The smallest absolute Gasteiger partial charge is 0.253 e. The van der Waals surface area contributed by atoms with Gasteiger partial charge >= 0.3 is 0 Å². The number of anilines is 1. The van der Waals surface area contributed by atoms with Crippen molar-refractivity contribution in [2.75, 3.05) is 31.6 Å². The SMILES string of the molecule is Cc1cc(=O)n(CCN(C)C2CN(c3ccc4nnc(C5CC5)n4n3)C2)cn1. The molecule has 0 aromatic carbocycles. The molecule has 2 fully saturated rings. The van der Waals surface area contributed by atoms with Crippen LogP contribution in [0.1, 0.15) is 30.3 Å². The molecule has 9 nitrogen and oxygen atoms in total. The number of hydrogen-bond donors (Lipinski definition) is 0. The molecular weight excluding hydrogens is 356 g/mol. The number of hydrogen-bond acceptors (Lipinski definition) is 7. The second-order valence-corrected chi connectivity index (χ2v) is 7.90. The van der Waals surface area contributed by atoms with Gasteiger partial charge in [-0.15, -0.1) is 15.3 Å². The Morgan fingerprint density at radius 2 is 2.04 bits per heavy atom. The lowest BCUT2D eigenvalue weighted by atomic mass is 10.1. The lowest BCUT2D eigenvalue weighted by Crippen LogP contribution is -2.59. The zero-order valence-corrected chi connectivity index (χ0v) is 16.2. The molecule has 28 heavy (non-hydrogen) atoms. The van der Waals surface area contributed by atoms with E-state index in [0.717, 1.165) is 42.6 Å². The normalized spacial score (nSPS) is 17.5. The second-order valence-electron chi connectivity index (χ2n) is 7.90. The van der Waals surface area contributed by atoms with Crippen molar-refractivity contribution < 1.29 is 0 Å². The molecule has 1 saturated carbocycles. The van der Waals surface area contributed by atoms with Crippen molar-refractivity contribution >= 4 is 11.5 Å². The van der Waals surface area contributed by atoms with Crippen LogP contribution in [0.25, 0.3) is 5.65 Å². The summed E-state index contributed by atoms with van der Waals surface area (Å²) in [4.78, 5) is 20.8. The van der Waals surface area contributed by atoms with Gasteiger partial charge in [0.25, 0.3) is 5.56 Å². The van der Waals surface area contributed by atoms with E-state index in [2.05, 4.69) is 32.0 Å². The molecular formula is C19H24N8O. The van der Waals surface area contributed by atoms with E-state index < -0.39 is 0 Å². The summed E-state index contributed by atoms with van der Waals surface area (Å²) in [6.07, 6.45) is 4.00. The van der Waals surface area contributed by atoms with Crippen molar-refractivity contribution in [2.45, 2.75) is 38.3 Å². The highest BCUT2D eigenvalue weighted by Gasteiger charge is 2.32. The third-order valence-corrected chi connectivity index (χ3v) is 5.73. The van der Waals surface area contributed by atoms with E-state index in [-0.39, 0.29) is 5.56 Å². The van der Waals surface area contributed by atoms with Crippen molar-refractivity contribution in [1.82, 2.24) is 34.3 Å². The quantitative estimate of drug-likeness (QED) is 0.622. The molecule has 0 bridgehead atoms. The van der Waals surface area contributed by atoms with Gasteiger partial charge in [-0.25, -0.2) is 4.98 Å². The van der Waals surface area contributed by atoms with Gasteiger partial charge in [-0.05, 0) is 38.9 Å². The van der Waals surface area contributed by atoms with Crippen molar-refractivity contribution in [1.29, 1.82) is 0 Å². The maximum atomic E-state index is 12.0. The minimum absolute atomic E-state index is 0.00838. The van der Waals surface area contributed by atoms with Crippen molar-refractivity contribution in [3.63, 3.8) is 0 Å². The van der Waals surface area contributed by atoms with Crippen LogP contribution in [0.4, 0.5) is 5.82 Å². The molecule has 3 aromatic rings. The van der Waals surface area contributed by atoms with Crippen molar-refractivity contribution in [3.8, 4) is 0 Å². The van der Waals surface area contributed by atoms with E-state index >= 15 is 0 Å². The Balaban J connectivity index is 1.20. The van der Waals surface area contributed by atoms with Crippen LogP contribution >= 0.6 is 0 Å². The monoisotopic (exact) mass is 380 g/mol. The first-order valence-corrected chi connectivity index (χ1v) is 9.79. The van der Waals surface area contributed by atoms with Gasteiger partial charge in [0.2, 0.25) is 0 Å².